The van der Waals surface area contributed by atoms with E-state index >= 15 is 0 Å². The van der Waals surface area contributed by atoms with Crippen LogP contribution in [0, 0.1) is 0 Å². The van der Waals surface area contributed by atoms with Gasteiger partial charge < -0.3 is 10.0 Å². The molecule has 4 nitrogen and oxygen atoms in total. The van der Waals surface area contributed by atoms with Gasteiger partial charge in [0.2, 0.25) is 0 Å². The second-order valence-corrected chi connectivity index (χ2v) is 4.65. The van der Waals surface area contributed by atoms with Crippen molar-refractivity contribution < 1.29 is 5.11 Å². The van der Waals surface area contributed by atoms with Crippen molar-refractivity contribution in [3.8, 4) is 5.75 Å². The molecule has 0 aliphatic heterocycles. The number of para-hydroxylation sites is 1. The third-order valence-corrected chi connectivity index (χ3v) is 3.31. The summed E-state index contributed by atoms with van der Waals surface area (Å²) in [6.45, 7) is 6.03. The molecule has 21 heavy (non-hydrogen) atoms. The van der Waals surface area contributed by atoms with Crippen LogP contribution in [0.4, 0.5) is 11.4 Å². The first-order valence-electron chi connectivity index (χ1n) is 7.16. The van der Waals surface area contributed by atoms with Gasteiger partial charge in [-0.15, -0.1) is 0 Å². The fourth-order valence-electron chi connectivity index (χ4n) is 2.12. The minimum atomic E-state index is 0.234. The second-order valence-electron chi connectivity index (χ2n) is 4.65. The molecule has 2 aromatic rings. The molecule has 0 bridgehead atoms. The number of hydrogen-bond donors (Lipinski definition) is 2. The number of phenols is 1. The SMILES string of the molecule is CCN(CC)c1ccc(/C=N\Nc2ccccc2)c(O)c1. The number of hydrogen-bond acceptors (Lipinski definition) is 4. The van der Waals surface area contributed by atoms with Crippen molar-refractivity contribution >= 4 is 17.6 Å². The van der Waals surface area contributed by atoms with Crippen LogP contribution in [0.5, 0.6) is 5.75 Å². The minimum absolute atomic E-state index is 0.234. The van der Waals surface area contributed by atoms with Gasteiger partial charge >= 0.3 is 0 Å². The lowest BCUT2D eigenvalue weighted by Gasteiger charge is -2.21. The Bertz CT molecular complexity index is 592. The summed E-state index contributed by atoms with van der Waals surface area (Å²) in [6.07, 6.45) is 1.62. The fraction of sp³-hybridized carbons (Fsp3) is 0.235. The maximum atomic E-state index is 10.1. The van der Waals surface area contributed by atoms with E-state index in [0.717, 1.165) is 24.5 Å². The highest BCUT2D eigenvalue weighted by molar-refractivity contribution is 5.85. The third kappa shape index (κ3) is 3.99. The molecule has 0 fully saturated rings. The standard InChI is InChI=1S/C17H21N3O/c1-3-20(4-2)16-11-10-14(17(21)12-16)13-18-19-15-8-6-5-7-9-15/h5-13,19,21H,3-4H2,1-2H3/b18-13-. The smallest absolute Gasteiger partial charge is 0.126 e. The summed E-state index contributed by atoms with van der Waals surface area (Å²) < 4.78 is 0. The van der Waals surface area contributed by atoms with Gasteiger partial charge in [0.05, 0.1) is 11.9 Å². The van der Waals surface area contributed by atoms with E-state index in [0.29, 0.717) is 5.56 Å². The number of benzene rings is 2. The van der Waals surface area contributed by atoms with Crippen LogP contribution in [-0.4, -0.2) is 24.4 Å². The zero-order valence-corrected chi connectivity index (χ0v) is 12.5. The van der Waals surface area contributed by atoms with Gasteiger partial charge in [-0.2, -0.15) is 5.10 Å². The Kier molecular flexibility index (Phi) is 5.21. The molecule has 0 radical (unpaired) electrons. The summed E-state index contributed by atoms with van der Waals surface area (Å²) in [6, 6.07) is 15.3. The van der Waals surface area contributed by atoms with Crippen LogP contribution in [0.1, 0.15) is 19.4 Å². The Labute approximate surface area is 125 Å². The highest BCUT2D eigenvalue weighted by atomic mass is 16.3. The minimum Gasteiger partial charge on any atom is -0.507 e. The summed E-state index contributed by atoms with van der Waals surface area (Å²) >= 11 is 0. The molecule has 0 aromatic heterocycles. The van der Waals surface area contributed by atoms with E-state index in [1.807, 2.05) is 42.5 Å². The molecular weight excluding hydrogens is 262 g/mol. The monoisotopic (exact) mass is 283 g/mol. The zero-order valence-electron chi connectivity index (χ0n) is 12.5. The number of aromatic hydroxyl groups is 1. The van der Waals surface area contributed by atoms with Gasteiger partial charge in [0.25, 0.3) is 0 Å². The maximum Gasteiger partial charge on any atom is 0.126 e. The van der Waals surface area contributed by atoms with Gasteiger partial charge in [-0.1, -0.05) is 18.2 Å². The lowest BCUT2D eigenvalue weighted by Crippen LogP contribution is -2.21. The van der Waals surface area contributed by atoms with Gasteiger partial charge in [0, 0.05) is 30.4 Å². The van der Waals surface area contributed by atoms with Crippen molar-refractivity contribution in [1.82, 2.24) is 0 Å². The van der Waals surface area contributed by atoms with Gasteiger partial charge in [-0.25, -0.2) is 0 Å². The molecule has 0 aliphatic carbocycles. The van der Waals surface area contributed by atoms with Crippen LogP contribution in [0.3, 0.4) is 0 Å². The Morgan fingerprint density at radius 1 is 1.10 bits per heavy atom. The van der Waals surface area contributed by atoms with Crippen molar-refractivity contribution in [1.29, 1.82) is 0 Å². The van der Waals surface area contributed by atoms with Gasteiger partial charge in [0.1, 0.15) is 5.75 Å². The van der Waals surface area contributed by atoms with E-state index in [1.54, 1.807) is 12.3 Å². The molecule has 0 amide bonds. The molecule has 2 rings (SSSR count). The van der Waals surface area contributed by atoms with E-state index in [-0.39, 0.29) is 5.75 Å². The van der Waals surface area contributed by atoms with Crippen molar-refractivity contribution in [2.24, 2.45) is 5.10 Å². The van der Waals surface area contributed by atoms with Crippen molar-refractivity contribution in [3.05, 3.63) is 54.1 Å². The quantitative estimate of drug-likeness (QED) is 0.628. The largest absolute Gasteiger partial charge is 0.507 e. The summed E-state index contributed by atoms with van der Waals surface area (Å²) in [5.41, 5.74) is 5.55. The van der Waals surface area contributed by atoms with Crippen molar-refractivity contribution in [2.75, 3.05) is 23.4 Å². The second kappa shape index (κ2) is 7.33. The average Bonchev–Trinajstić information content (AvgIpc) is 2.51. The number of hydrazone groups is 1. The van der Waals surface area contributed by atoms with Gasteiger partial charge in [-0.05, 0) is 38.1 Å². The number of rotatable bonds is 6. The predicted molar refractivity (Wildman–Crippen MR) is 89.3 cm³/mol. The fourth-order valence-corrected chi connectivity index (χ4v) is 2.12. The Hall–Kier alpha value is -2.49. The summed E-state index contributed by atoms with van der Waals surface area (Å²) in [5, 5.41) is 14.2. The molecule has 4 heteroatoms. The number of phenolic OH excluding ortho intramolecular Hbond substituents is 1. The van der Waals surface area contributed by atoms with E-state index in [9.17, 15) is 5.11 Å². The highest BCUT2D eigenvalue weighted by Crippen LogP contribution is 2.23. The first-order valence-corrected chi connectivity index (χ1v) is 7.16. The zero-order chi connectivity index (χ0) is 15.1. The molecule has 0 saturated carbocycles. The average molecular weight is 283 g/mol. The number of nitrogens with zero attached hydrogens (tertiary/aromatic N) is 2. The molecular formula is C17H21N3O. The van der Waals surface area contributed by atoms with Crippen LogP contribution < -0.4 is 10.3 Å². The first-order chi connectivity index (χ1) is 10.2. The lowest BCUT2D eigenvalue weighted by atomic mass is 10.2. The molecule has 0 atom stereocenters. The van der Waals surface area contributed by atoms with Crippen LogP contribution in [0.15, 0.2) is 53.6 Å². The van der Waals surface area contributed by atoms with Crippen LogP contribution in [0.2, 0.25) is 0 Å². The summed E-state index contributed by atoms with van der Waals surface area (Å²) in [4.78, 5) is 2.18. The molecule has 0 spiro atoms. The van der Waals surface area contributed by atoms with Crippen molar-refractivity contribution in [3.63, 3.8) is 0 Å². The van der Waals surface area contributed by atoms with Crippen LogP contribution in [0.25, 0.3) is 0 Å². The maximum absolute atomic E-state index is 10.1. The summed E-state index contributed by atoms with van der Waals surface area (Å²) in [7, 11) is 0. The molecule has 110 valence electrons. The molecule has 2 N–H and O–H groups in total. The molecule has 0 saturated heterocycles. The Morgan fingerprint density at radius 2 is 1.81 bits per heavy atom. The third-order valence-electron chi connectivity index (χ3n) is 3.31. The van der Waals surface area contributed by atoms with E-state index in [2.05, 4.69) is 29.3 Å². The highest BCUT2D eigenvalue weighted by Gasteiger charge is 2.05. The van der Waals surface area contributed by atoms with E-state index in [4.69, 9.17) is 0 Å². The van der Waals surface area contributed by atoms with Gasteiger partial charge in [-0.3, -0.25) is 5.43 Å². The predicted octanol–water partition coefficient (Wildman–Crippen LogP) is 3.68. The summed E-state index contributed by atoms with van der Waals surface area (Å²) in [5.74, 6) is 0.234. The molecule has 2 aromatic carbocycles. The molecule has 0 aliphatic rings. The molecule has 0 heterocycles. The van der Waals surface area contributed by atoms with Crippen LogP contribution in [-0.2, 0) is 0 Å². The first kappa shape index (κ1) is 14.9. The normalized spacial score (nSPS) is 10.8. The van der Waals surface area contributed by atoms with Gasteiger partial charge in [0.15, 0.2) is 0 Å². The molecule has 0 unspecified atom stereocenters. The number of anilines is 2. The van der Waals surface area contributed by atoms with E-state index in [1.165, 1.54) is 0 Å². The van der Waals surface area contributed by atoms with Crippen LogP contribution >= 0.6 is 0 Å². The van der Waals surface area contributed by atoms with E-state index < -0.39 is 0 Å². The van der Waals surface area contributed by atoms with Crippen molar-refractivity contribution in [2.45, 2.75) is 13.8 Å². The topological polar surface area (TPSA) is 47.9 Å². The number of nitrogens with one attached hydrogen (secondary N) is 1. The Morgan fingerprint density at radius 3 is 2.43 bits per heavy atom. The Balaban J connectivity index is 2.07. The lowest BCUT2D eigenvalue weighted by molar-refractivity contribution is 0.474.